The van der Waals surface area contributed by atoms with E-state index in [2.05, 4.69) is 19.7 Å². The third-order valence-electron chi connectivity index (χ3n) is 3.96. The largest absolute Gasteiger partial charge is 0.288 e. The molecule has 0 radical (unpaired) electrons. The van der Waals surface area contributed by atoms with Gasteiger partial charge in [0.15, 0.2) is 0 Å². The Morgan fingerprint density at radius 3 is 2.64 bits per heavy atom. The first-order valence-electron chi connectivity index (χ1n) is 7.40. The van der Waals surface area contributed by atoms with E-state index in [1.807, 2.05) is 6.92 Å². The summed E-state index contributed by atoms with van der Waals surface area (Å²) in [6.07, 6.45) is 9.28. The number of nitrogens with zero attached hydrogens (tertiary/aromatic N) is 4. The first-order valence-corrected chi connectivity index (χ1v) is 8.95. The molecule has 0 amide bonds. The molecule has 1 N–H and O–H groups in total. The van der Waals surface area contributed by atoms with Gasteiger partial charge in [0.2, 0.25) is 10.0 Å². The minimum atomic E-state index is -3.40. The molecule has 0 aromatic carbocycles. The second kappa shape index (κ2) is 6.04. The molecule has 0 bridgehead atoms. The fourth-order valence-corrected chi connectivity index (χ4v) is 4.28. The zero-order valence-electron chi connectivity index (χ0n) is 12.4. The van der Waals surface area contributed by atoms with Gasteiger partial charge >= 0.3 is 0 Å². The normalized spacial score (nSPS) is 16.6. The summed E-state index contributed by atoms with van der Waals surface area (Å²) in [7, 11) is -3.40. The van der Waals surface area contributed by atoms with Crippen molar-refractivity contribution >= 4 is 15.8 Å². The van der Waals surface area contributed by atoms with E-state index in [0.717, 1.165) is 25.1 Å². The van der Waals surface area contributed by atoms with Gasteiger partial charge in [0, 0.05) is 18.5 Å². The van der Waals surface area contributed by atoms with Crippen LogP contribution < -0.4 is 4.72 Å². The summed E-state index contributed by atoms with van der Waals surface area (Å²) in [4.78, 5) is 12.3. The Balaban J connectivity index is 1.82. The van der Waals surface area contributed by atoms with Crippen molar-refractivity contribution in [3.05, 3.63) is 30.6 Å². The van der Waals surface area contributed by atoms with Crippen molar-refractivity contribution in [2.75, 3.05) is 4.72 Å². The average Bonchev–Trinajstić information content (AvgIpc) is 2.94. The number of hydrogen-bond acceptors (Lipinski definition) is 5. The third-order valence-corrected chi connectivity index (χ3v) is 5.81. The van der Waals surface area contributed by atoms with Gasteiger partial charge in [-0.15, -0.1) is 0 Å². The molecule has 0 atom stereocenters. The first-order chi connectivity index (χ1) is 10.6. The van der Waals surface area contributed by atoms with E-state index >= 15 is 0 Å². The Labute approximate surface area is 129 Å². The molecule has 1 saturated carbocycles. The van der Waals surface area contributed by atoms with E-state index in [9.17, 15) is 8.42 Å². The average molecular weight is 321 g/mol. The van der Waals surface area contributed by atoms with Crippen molar-refractivity contribution in [2.24, 2.45) is 0 Å². The maximum absolute atomic E-state index is 12.4. The summed E-state index contributed by atoms with van der Waals surface area (Å²) in [5, 5.41) is -0.324. The van der Waals surface area contributed by atoms with Crippen LogP contribution in [0.1, 0.15) is 37.9 Å². The van der Waals surface area contributed by atoms with Gasteiger partial charge in [-0.1, -0.05) is 19.3 Å². The summed E-state index contributed by atoms with van der Waals surface area (Å²) < 4.78 is 29.2. The highest BCUT2D eigenvalue weighted by Gasteiger charge is 2.27. The molecule has 0 saturated heterocycles. The fourth-order valence-electron chi connectivity index (χ4n) is 2.76. The zero-order chi connectivity index (χ0) is 15.6. The molecule has 22 heavy (non-hydrogen) atoms. The van der Waals surface area contributed by atoms with Crippen LogP contribution in [-0.2, 0) is 10.0 Å². The van der Waals surface area contributed by atoms with Gasteiger partial charge in [-0.05, 0) is 19.8 Å². The van der Waals surface area contributed by atoms with Crippen molar-refractivity contribution in [1.29, 1.82) is 0 Å². The number of rotatable bonds is 4. The van der Waals surface area contributed by atoms with E-state index in [0.29, 0.717) is 24.5 Å². The molecule has 2 heterocycles. The Morgan fingerprint density at radius 1 is 1.18 bits per heavy atom. The monoisotopic (exact) mass is 321 g/mol. The predicted octanol–water partition coefficient (Wildman–Crippen LogP) is 2.05. The van der Waals surface area contributed by atoms with Gasteiger partial charge in [-0.2, -0.15) is 0 Å². The number of hydrogen-bond donors (Lipinski definition) is 1. The lowest BCUT2D eigenvalue weighted by molar-refractivity contribution is 0.486. The molecule has 7 nitrogen and oxygen atoms in total. The number of nitrogens with one attached hydrogen (secondary N) is 1. The molecular formula is C14H19N5O2S. The van der Waals surface area contributed by atoms with Crippen LogP contribution in [0.3, 0.4) is 0 Å². The Hall–Kier alpha value is -1.96. The Kier molecular flexibility index (Phi) is 4.10. The van der Waals surface area contributed by atoms with Crippen LogP contribution in [0, 0.1) is 6.92 Å². The summed E-state index contributed by atoms with van der Waals surface area (Å²) in [5.41, 5.74) is 0. The Morgan fingerprint density at radius 2 is 1.95 bits per heavy atom. The number of imidazole rings is 1. The lowest BCUT2D eigenvalue weighted by Crippen LogP contribution is -2.30. The lowest BCUT2D eigenvalue weighted by Gasteiger charge is -2.22. The smallest absolute Gasteiger partial charge is 0.236 e. The zero-order valence-corrected chi connectivity index (χ0v) is 13.3. The third kappa shape index (κ3) is 3.11. The predicted molar refractivity (Wildman–Crippen MR) is 83.3 cm³/mol. The van der Waals surface area contributed by atoms with E-state index in [1.54, 1.807) is 23.0 Å². The summed E-state index contributed by atoms with van der Waals surface area (Å²) in [6, 6.07) is 1.62. The first kappa shape index (κ1) is 15.0. The molecule has 8 heteroatoms. The minimum Gasteiger partial charge on any atom is -0.288 e. The van der Waals surface area contributed by atoms with Crippen LogP contribution >= 0.6 is 0 Å². The van der Waals surface area contributed by atoms with Crippen LogP contribution in [-0.4, -0.2) is 33.2 Å². The van der Waals surface area contributed by atoms with Crippen LogP contribution in [0.15, 0.2) is 24.8 Å². The van der Waals surface area contributed by atoms with Gasteiger partial charge in [-0.3, -0.25) is 9.29 Å². The van der Waals surface area contributed by atoms with E-state index in [1.165, 1.54) is 6.33 Å². The van der Waals surface area contributed by atoms with Crippen LogP contribution in [0.4, 0.5) is 5.82 Å². The van der Waals surface area contributed by atoms with Crippen LogP contribution in [0.5, 0.6) is 0 Å². The van der Waals surface area contributed by atoms with Gasteiger partial charge in [0.1, 0.15) is 23.8 Å². The molecule has 2 aromatic heterocycles. The highest BCUT2D eigenvalue weighted by molar-refractivity contribution is 7.93. The van der Waals surface area contributed by atoms with Crippen LogP contribution in [0.2, 0.25) is 0 Å². The molecule has 0 aliphatic heterocycles. The number of aryl methyl sites for hydroxylation is 1. The molecule has 2 aromatic rings. The Bertz CT molecular complexity index is 750. The summed E-state index contributed by atoms with van der Waals surface area (Å²) in [5.74, 6) is 1.66. The number of aromatic nitrogens is 4. The second-order valence-corrected chi connectivity index (χ2v) is 7.47. The lowest BCUT2D eigenvalue weighted by atomic mass is 10.0. The highest BCUT2D eigenvalue weighted by Crippen LogP contribution is 2.25. The van der Waals surface area contributed by atoms with E-state index in [-0.39, 0.29) is 5.25 Å². The van der Waals surface area contributed by atoms with Gasteiger partial charge in [0.05, 0.1) is 5.25 Å². The number of sulfonamides is 1. The fraction of sp³-hybridized carbons (Fsp3) is 0.500. The van der Waals surface area contributed by atoms with Crippen molar-refractivity contribution < 1.29 is 8.42 Å². The second-order valence-electron chi connectivity index (χ2n) is 5.51. The van der Waals surface area contributed by atoms with Gasteiger partial charge in [0.25, 0.3) is 0 Å². The van der Waals surface area contributed by atoms with Gasteiger partial charge in [-0.25, -0.2) is 23.4 Å². The van der Waals surface area contributed by atoms with Crippen molar-refractivity contribution in [2.45, 2.75) is 44.3 Å². The van der Waals surface area contributed by atoms with Crippen LogP contribution in [0.25, 0.3) is 5.82 Å². The molecule has 0 unspecified atom stereocenters. The summed E-state index contributed by atoms with van der Waals surface area (Å²) >= 11 is 0. The van der Waals surface area contributed by atoms with E-state index < -0.39 is 10.0 Å². The molecule has 3 rings (SSSR count). The molecular weight excluding hydrogens is 302 g/mol. The van der Waals surface area contributed by atoms with E-state index in [4.69, 9.17) is 0 Å². The standard InChI is InChI=1S/C14H19N5O2S/c1-11-15-7-8-19(11)14-9-13(16-10-17-14)18-22(20,21)12-5-3-2-4-6-12/h7-10,12H,2-6H2,1H3,(H,16,17,18). The topological polar surface area (TPSA) is 89.8 Å². The molecule has 118 valence electrons. The molecule has 1 aliphatic rings. The SMILES string of the molecule is Cc1nccn1-c1cc(NS(=O)(=O)C2CCCCC2)ncn1. The maximum Gasteiger partial charge on any atom is 0.236 e. The highest BCUT2D eigenvalue weighted by atomic mass is 32.2. The van der Waals surface area contributed by atoms with Crippen molar-refractivity contribution in [3.8, 4) is 5.82 Å². The van der Waals surface area contributed by atoms with Gasteiger partial charge < -0.3 is 0 Å². The minimum absolute atomic E-state index is 0.295. The summed E-state index contributed by atoms with van der Waals surface area (Å²) in [6.45, 7) is 1.86. The molecule has 1 aliphatic carbocycles. The van der Waals surface area contributed by atoms with Crippen molar-refractivity contribution in [1.82, 2.24) is 19.5 Å². The number of anilines is 1. The van der Waals surface area contributed by atoms with Crippen molar-refractivity contribution in [3.63, 3.8) is 0 Å². The molecule has 0 spiro atoms. The molecule has 1 fully saturated rings. The maximum atomic E-state index is 12.4. The quantitative estimate of drug-likeness (QED) is 0.930.